The van der Waals surface area contributed by atoms with Crippen LogP contribution in [0.4, 0.5) is 5.69 Å². The third kappa shape index (κ3) is 3.35. The van der Waals surface area contributed by atoms with Gasteiger partial charge in [0.1, 0.15) is 0 Å². The second-order valence-corrected chi connectivity index (χ2v) is 4.92. The van der Waals surface area contributed by atoms with Crippen molar-refractivity contribution >= 4 is 15.7 Å². The lowest BCUT2D eigenvalue weighted by molar-refractivity contribution is 0.199. The van der Waals surface area contributed by atoms with E-state index in [4.69, 9.17) is 0 Å². The van der Waals surface area contributed by atoms with Gasteiger partial charge in [-0.1, -0.05) is 12.1 Å². The van der Waals surface area contributed by atoms with Gasteiger partial charge in [0.05, 0.1) is 12.4 Å². The van der Waals surface area contributed by atoms with Gasteiger partial charge in [-0.15, -0.1) is 0 Å². The summed E-state index contributed by atoms with van der Waals surface area (Å²) >= 11 is 0. The third-order valence-corrected chi connectivity index (χ3v) is 2.30. The van der Waals surface area contributed by atoms with Crippen molar-refractivity contribution in [1.29, 1.82) is 0 Å². The highest BCUT2D eigenvalue weighted by molar-refractivity contribution is 7.92. The van der Waals surface area contributed by atoms with Crippen LogP contribution in [-0.4, -0.2) is 19.8 Å². The summed E-state index contributed by atoms with van der Waals surface area (Å²) < 4.78 is 24.1. The molecule has 0 bridgehead atoms. The minimum atomic E-state index is -3.22. The number of rotatable bonds is 3. The van der Waals surface area contributed by atoms with Crippen LogP contribution in [0, 0.1) is 0 Å². The number of anilines is 1. The molecular formula is C9H13NO3S. The van der Waals surface area contributed by atoms with Crippen molar-refractivity contribution in [2.75, 3.05) is 11.0 Å². The summed E-state index contributed by atoms with van der Waals surface area (Å²) in [5, 5.41) is 9.21. The van der Waals surface area contributed by atoms with Gasteiger partial charge in [0, 0.05) is 5.69 Å². The van der Waals surface area contributed by atoms with Gasteiger partial charge >= 0.3 is 0 Å². The molecular weight excluding hydrogens is 202 g/mol. The summed E-state index contributed by atoms with van der Waals surface area (Å²) in [5.41, 5.74) is 1.25. The van der Waals surface area contributed by atoms with E-state index in [2.05, 4.69) is 4.72 Å². The Bertz CT molecular complexity index is 395. The molecule has 0 amide bonds. The summed E-state index contributed by atoms with van der Waals surface area (Å²) in [5.74, 6) is 0. The second kappa shape index (κ2) is 3.98. The summed E-state index contributed by atoms with van der Waals surface area (Å²) in [6, 6.07) is 6.59. The maximum Gasteiger partial charge on any atom is 0.229 e. The number of aliphatic hydroxyl groups is 1. The lowest BCUT2D eigenvalue weighted by Gasteiger charge is -2.06. The van der Waals surface area contributed by atoms with Crippen molar-refractivity contribution in [2.45, 2.75) is 13.0 Å². The average molecular weight is 215 g/mol. The molecule has 1 aromatic rings. The summed E-state index contributed by atoms with van der Waals surface area (Å²) in [6.07, 6.45) is 0.553. The quantitative estimate of drug-likeness (QED) is 0.793. The molecule has 1 atom stereocenters. The van der Waals surface area contributed by atoms with Gasteiger partial charge in [-0.2, -0.15) is 0 Å². The molecule has 0 aromatic heterocycles. The van der Waals surface area contributed by atoms with Crippen molar-refractivity contribution in [2.24, 2.45) is 0 Å². The van der Waals surface area contributed by atoms with E-state index in [0.29, 0.717) is 5.69 Å². The minimum Gasteiger partial charge on any atom is -0.389 e. The molecule has 0 heterocycles. The fraction of sp³-hybridized carbons (Fsp3) is 0.333. The fourth-order valence-corrected chi connectivity index (χ4v) is 1.61. The molecule has 2 N–H and O–H groups in total. The third-order valence-electron chi connectivity index (χ3n) is 1.70. The van der Waals surface area contributed by atoms with Crippen LogP contribution >= 0.6 is 0 Å². The van der Waals surface area contributed by atoms with E-state index in [1.165, 1.54) is 0 Å². The lowest BCUT2D eigenvalue weighted by Crippen LogP contribution is -2.09. The molecule has 0 saturated carbocycles. The van der Waals surface area contributed by atoms with Crippen molar-refractivity contribution in [3.05, 3.63) is 29.8 Å². The molecule has 0 radical (unpaired) electrons. The maximum absolute atomic E-state index is 10.9. The molecule has 1 rings (SSSR count). The van der Waals surface area contributed by atoms with Crippen LogP contribution in [0.3, 0.4) is 0 Å². The normalized spacial score (nSPS) is 13.6. The van der Waals surface area contributed by atoms with E-state index in [0.717, 1.165) is 11.8 Å². The van der Waals surface area contributed by atoms with Crippen LogP contribution in [0.1, 0.15) is 18.6 Å². The SMILES string of the molecule is CC(O)c1ccc(NS(C)(=O)=O)cc1. The molecule has 78 valence electrons. The molecule has 0 spiro atoms. The number of benzene rings is 1. The van der Waals surface area contributed by atoms with Gasteiger partial charge in [-0.05, 0) is 24.6 Å². The van der Waals surface area contributed by atoms with E-state index in [1.54, 1.807) is 31.2 Å². The van der Waals surface area contributed by atoms with Crippen LogP contribution in [0.15, 0.2) is 24.3 Å². The highest BCUT2D eigenvalue weighted by Gasteiger charge is 2.03. The number of hydrogen-bond acceptors (Lipinski definition) is 3. The first-order valence-corrected chi connectivity index (χ1v) is 6.03. The Balaban J connectivity index is 2.84. The lowest BCUT2D eigenvalue weighted by atomic mass is 10.1. The van der Waals surface area contributed by atoms with Gasteiger partial charge in [-0.25, -0.2) is 8.42 Å². The first-order valence-electron chi connectivity index (χ1n) is 4.14. The predicted molar refractivity (Wildman–Crippen MR) is 55.5 cm³/mol. The zero-order chi connectivity index (χ0) is 10.8. The molecule has 0 aliphatic heterocycles. The van der Waals surface area contributed by atoms with Crippen LogP contribution < -0.4 is 4.72 Å². The Hall–Kier alpha value is -1.07. The standard InChI is InChI=1S/C9H13NO3S/c1-7(11)8-3-5-9(6-4-8)10-14(2,12)13/h3-7,10-11H,1-2H3. The van der Waals surface area contributed by atoms with Gasteiger partial charge < -0.3 is 5.11 Å². The van der Waals surface area contributed by atoms with Crippen LogP contribution in [0.5, 0.6) is 0 Å². The number of sulfonamides is 1. The monoisotopic (exact) mass is 215 g/mol. The molecule has 1 aromatic carbocycles. The van der Waals surface area contributed by atoms with Crippen molar-refractivity contribution < 1.29 is 13.5 Å². The highest BCUT2D eigenvalue weighted by atomic mass is 32.2. The molecule has 0 aliphatic rings. The van der Waals surface area contributed by atoms with Gasteiger partial charge in [0.2, 0.25) is 10.0 Å². The topological polar surface area (TPSA) is 66.4 Å². The van der Waals surface area contributed by atoms with E-state index >= 15 is 0 Å². The molecule has 0 fully saturated rings. The second-order valence-electron chi connectivity index (χ2n) is 3.17. The summed E-state index contributed by atoms with van der Waals surface area (Å²) in [4.78, 5) is 0. The molecule has 0 saturated heterocycles. The molecule has 5 heteroatoms. The first-order chi connectivity index (χ1) is 6.38. The van der Waals surface area contributed by atoms with Crippen LogP contribution in [0.2, 0.25) is 0 Å². The van der Waals surface area contributed by atoms with Crippen molar-refractivity contribution in [3.8, 4) is 0 Å². The fourth-order valence-electron chi connectivity index (χ4n) is 1.04. The molecule has 4 nitrogen and oxygen atoms in total. The average Bonchev–Trinajstić information content (AvgIpc) is 2.02. The maximum atomic E-state index is 10.9. The Labute approximate surface area is 83.6 Å². The minimum absolute atomic E-state index is 0.497. The number of aliphatic hydroxyl groups excluding tert-OH is 1. The Kier molecular flexibility index (Phi) is 3.13. The highest BCUT2D eigenvalue weighted by Crippen LogP contribution is 2.15. The largest absolute Gasteiger partial charge is 0.389 e. The van der Waals surface area contributed by atoms with Crippen LogP contribution in [0.25, 0.3) is 0 Å². The first kappa shape index (κ1) is 11.0. The van der Waals surface area contributed by atoms with E-state index in [9.17, 15) is 13.5 Å². The predicted octanol–water partition coefficient (Wildman–Crippen LogP) is 1.11. The van der Waals surface area contributed by atoms with E-state index < -0.39 is 16.1 Å². The van der Waals surface area contributed by atoms with Gasteiger partial charge in [-0.3, -0.25) is 4.72 Å². The summed E-state index contributed by atoms with van der Waals surface area (Å²) in [7, 11) is -3.22. The van der Waals surface area contributed by atoms with E-state index in [-0.39, 0.29) is 0 Å². The Morgan fingerprint density at radius 2 is 1.79 bits per heavy atom. The molecule has 1 unspecified atom stereocenters. The van der Waals surface area contributed by atoms with Crippen molar-refractivity contribution in [1.82, 2.24) is 0 Å². The molecule has 0 aliphatic carbocycles. The smallest absolute Gasteiger partial charge is 0.229 e. The zero-order valence-electron chi connectivity index (χ0n) is 8.06. The van der Waals surface area contributed by atoms with E-state index in [1.807, 2.05) is 0 Å². The van der Waals surface area contributed by atoms with Gasteiger partial charge in [0.15, 0.2) is 0 Å². The molecule has 14 heavy (non-hydrogen) atoms. The van der Waals surface area contributed by atoms with Crippen LogP contribution in [-0.2, 0) is 10.0 Å². The van der Waals surface area contributed by atoms with Crippen molar-refractivity contribution in [3.63, 3.8) is 0 Å². The summed E-state index contributed by atoms with van der Waals surface area (Å²) in [6.45, 7) is 1.65. The Morgan fingerprint density at radius 1 is 1.29 bits per heavy atom. The Morgan fingerprint density at radius 3 is 2.14 bits per heavy atom. The van der Waals surface area contributed by atoms with Gasteiger partial charge in [0.25, 0.3) is 0 Å². The number of nitrogens with one attached hydrogen (secondary N) is 1. The number of hydrogen-bond donors (Lipinski definition) is 2. The zero-order valence-corrected chi connectivity index (χ0v) is 8.88.